The number of benzene rings is 1. The van der Waals surface area contributed by atoms with Crippen LogP contribution in [-0.2, 0) is 16.1 Å². The molecule has 2 atom stereocenters. The molecule has 162 valence electrons. The smallest absolute Gasteiger partial charge is 0.254 e. The van der Waals surface area contributed by atoms with E-state index in [0.717, 1.165) is 37.2 Å². The van der Waals surface area contributed by atoms with Crippen LogP contribution in [0.1, 0.15) is 54.8 Å². The van der Waals surface area contributed by atoms with Crippen LogP contribution in [0.3, 0.4) is 0 Å². The summed E-state index contributed by atoms with van der Waals surface area (Å²) in [7, 11) is 0. The molecule has 2 aromatic rings. The van der Waals surface area contributed by atoms with E-state index in [4.69, 9.17) is 9.15 Å². The summed E-state index contributed by atoms with van der Waals surface area (Å²) in [6.45, 7) is 7.59. The van der Waals surface area contributed by atoms with Crippen LogP contribution in [0.15, 0.2) is 47.1 Å². The van der Waals surface area contributed by atoms with Gasteiger partial charge >= 0.3 is 0 Å². The molecular weight excluding hydrogens is 380 g/mol. The molecule has 0 spiro atoms. The largest absolute Gasteiger partial charge is 0.467 e. The molecular formula is C24H32N2O4. The third-order valence-electron chi connectivity index (χ3n) is 5.79. The fourth-order valence-electron chi connectivity index (χ4n) is 3.74. The standard InChI is InChI=1S/C24H32N2O4/c1-4-19(3)26(24(28)22-12-6-5-9-18(22)2)17-23(27)25(15-20-10-7-13-29-20)16-21-11-8-14-30-21/h5-7,9-10,12-13,19,21H,4,8,11,14-17H2,1-3H3/t19-,21-/m1/s1. The zero-order valence-corrected chi connectivity index (χ0v) is 18.2. The van der Waals surface area contributed by atoms with Gasteiger partial charge in [0.2, 0.25) is 5.91 Å². The van der Waals surface area contributed by atoms with Crippen molar-refractivity contribution in [2.45, 2.75) is 58.7 Å². The summed E-state index contributed by atoms with van der Waals surface area (Å²) in [6, 6.07) is 11.1. The van der Waals surface area contributed by atoms with Gasteiger partial charge in [-0.1, -0.05) is 25.1 Å². The average molecular weight is 413 g/mol. The Morgan fingerprint density at radius 1 is 1.20 bits per heavy atom. The number of hydrogen-bond acceptors (Lipinski definition) is 4. The Bertz CT molecular complexity index is 827. The molecule has 6 nitrogen and oxygen atoms in total. The van der Waals surface area contributed by atoms with Gasteiger partial charge in [-0.25, -0.2) is 0 Å². The summed E-state index contributed by atoms with van der Waals surface area (Å²) in [4.78, 5) is 30.1. The van der Waals surface area contributed by atoms with Crippen molar-refractivity contribution < 1.29 is 18.7 Å². The van der Waals surface area contributed by atoms with Gasteiger partial charge in [0, 0.05) is 24.8 Å². The molecule has 1 aliphatic heterocycles. The highest BCUT2D eigenvalue weighted by atomic mass is 16.5. The third kappa shape index (κ3) is 5.51. The number of furan rings is 1. The average Bonchev–Trinajstić information content (AvgIpc) is 3.45. The highest BCUT2D eigenvalue weighted by Gasteiger charge is 2.29. The molecule has 1 aromatic carbocycles. The first-order valence-corrected chi connectivity index (χ1v) is 10.8. The number of carbonyl (C=O) groups is 2. The van der Waals surface area contributed by atoms with Gasteiger partial charge in [-0.3, -0.25) is 9.59 Å². The van der Waals surface area contributed by atoms with E-state index in [-0.39, 0.29) is 30.5 Å². The van der Waals surface area contributed by atoms with E-state index in [1.54, 1.807) is 16.1 Å². The van der Waals surface area contributed by atoms with Crippen molar-refractivity contribution in [3.8, 4) is 0 Å². The van der Waals surface area contributed by atoms with Gasteiger partial charge < -0.3 is 19.0 Å². The Morgan fingerprint density at radius 3 is 2.63 bits per heavy atom. The molecule has 30 heavy (non-hydrogen) atoms. The molecule has 2 heterocycles. The molecule has 2 amide bonds. The number of carbonyl (C=O) groups excluding carboxylic acids is 2. The minimum atomic E-state index is -0.106. The van der Waals surface area contributed by atoms with E-state index >= 15 is 0 Å². The maximum Gasteiger partial charge on any atom is 0.254 e. The molecule has 0 bridgehead atoms. The Balaban J connectivity index is 1.78. The number of aryl methyl sites for hydroxylation is 1. The molecule has 0 unspecified atom stereocenters. The van der Waals surface area contributed by atoms with Crippen LogP contribution in [0.5, 0.6) is 0 Å². The summed E-state index contributed by atoms with van der Waals surface area (Å²) >= 11 is 0. The predicted molar refractivity (Wildman–Crippen MR) is 115 cm³/mol. The summed E-state index contributed by atoms with van der Waals surface area (Å²) in [5.74, 6) is 0.525. The first-order valence-electron chi connectivity index (χ1n) is 10.8. The van der Waals surface area contributed by atoms with E-state index in [1.807, 2.05) is 57.2 Å². The Morgan fingerprint density at radius 2 is 2.00 bits per heavy atom. The number of nitrogens with zero attached hydrogens (tertiary/aromatic N) is 2. The van der Waals surface area contributed by atoms with Crippen LogP contribution in [-0.4, -0.2) is 53.5 Å². The molecule has 6 heteroatoms. The molecule has 0 saturated carbocycles. The SMILES string of the molecule is CC[C@@H](C)N(CC(=O)N(Cc1ccco1)C[C@H]1CCCO1)C(=O)c1ccccc1C. The van der Waals surface area contributed by atoms with E-state index in [1.165, 1.54) is 0 Å². The van der Waals surface area contributed by atoms with Crippen molar-refractivity contribution in [2.75, 3.05) is 19.7 Å². The van der Waals surface area contributed by atoms with E-state index < -0.39 is 0 Å². The van der Waals surface area contributed by atoms with Crippen LogP contribution < -0.4 is 0 Å². The maximum absolute atomic E-state index is 13.3. The van der Waals surface area contributed by atoms with Gasteiger partial charge in [-0.05, 0) is 56.9 Å². The van der Waals surface area contributed by atoms with E-state index in [2.05, 4.69) is 0 Å². The zero-order chi connectivity index (χ0) is 21.5. The summed E-state index contributed by atoms with van der Waals surface area (Å²) in [5.41, 5.74) is 1.55. The molecule has 1 saturated heterocycles. The second-order valence-corrected chi connectivity index (χ2v) is 7.99. The zero-order valence-electron chi connectivity index (χ0n) is 18.2. The number of rotatable bonds is 9. The van der Waals surface area contributed by atoms with Crippen LogP contribution in [0.2, 0.25) is 0 Å². The highest BCUT2D eigenvalue weighted by Crippen LogP contribution is 2.18. The lowest BCUT2D eigenvalue weighted by molar-refractivity contribution is -0.134. The van der Waals surface area contributed by atoms with Gasteiger partial charge in [0.25, 0.3) is 5.91 Å². The lowest BCUT2D eigenvalue weighted by Gasteiger charge is -2.32. The lowest BCUT2D eigenvalue weighted by atomic mass is 10.1. The van der Waals surface area contributed by atoms with Gasteiger partial charge in [0.1, 0.15) is 12.3 Å². The monoisotopic (exact) mass is 412 g/mol. The van der Waals surface area contributed by atoms with Crippen molar-refractivity contribution in [3.63, 3.8) is 0 Å². The Labute approximate surface area is 178 Å². The summed E-state index contributed by atoms with van der Waals surface area (Å²) in [6.07, 6.45) is 4.37. The van der Waals surface area contributed by atoms with Crippen molar-refractivity contribution in [2.24, 2.45) is 0 Å². The van der Waals surface area contributed by atoms with Gasteiger partial charge in [0.05, 0.1) is 18.9 Å². The number of hydrogen-bond donors (Lipinski definition) is 0. The molecule has 0 N–H and O–H groups in total. The van der Waals surface area contributed by atoms with E-state index in [9.17, 15) is 9.59 Å². The molecule has 0 aliphatic carbocycles. The quantitative estimate of drug-likeness (QED) is 0.624. The molecule has 1 fully saturated rings. The van der Waals surface area contributed by atoms with Crippen molar-refractivity contribution in [1.29, 1.82) is 0 Å². The lowest BCUT2D eigenvalue weighted by Crippen LogP contribution is -2.48. The highest BCUT2D eigenvalue weighted by molar-refractivity contribution is 5.97. The fourth-order valence-corrected chi connectivity index (χ4v) is 3.74. The third-order valence-corrected chi connectivity index (χ3v) is 5.79. The first kappa shape index (κ1) is 22.1. The van der Waals surface area contributed by atoms with Crippen molar-refractivity contribution in [1.82, 2.24) is 9.80 Å². The van der Waals surface area contributed by atoms with Crippen LogP contribution >= 0.6 is 0 Å². The van der Waals surface area contributed by atoms with Gasteiger partial charge in [-0.2, -0.15) is 0 Å². The molecule has 1 aromatic heterocycles. The summed E-state index contributed by atoms with van der Waals surface area (Å²) < 4.78 is 11.2. The second kappa shape index (κ2) is 10.4. The Kier molecular flexibility index (Phi) is 7.69. The first-order chi connectivity index (χ1) is 14.5. The van der Waals surface area contributed by atoms with Crippen molar-refractivity contribution in [3.05, 3.63) is 59.5 Å². The molecule has 0 radical (unpaired) electrons. The predicted octanol–water partition coefficient (Wildman–Crippen LogP) is 4.04. The Hall–Kier alpha value is -2.60. The van der Waals surface area contributed by atoms with Crippen LogP contribution in [0.25, 0.3) is 0 Å². The van der Waals surface area contributed by atoms with Crippen LogP contribution in [0, 0.1) is 6.92 Å². The minimum absolute atomic E-state index is 0.0352. The molecule has 1 aliphatic rings. The minimum Gasteiger partial charge on any atom is -0.467 e. The molecule has 3 rings (SSSR count). The normalized spacial score (nSPS) is 17.0. The van der Waals surface area contributed by atoms with Gasteiger partial charge in [0.15, 0.2) is 0 Å². The second-order valence-electron chi connectivity index (χ2n) is 7.99. The summed E-state index contributed by atoms with van der Waals surface area (Å²) in [5, 5.41) is 0. The fraction of sp³-hybridized carbons (Fsp3) is 0.500. The number of ether oxygens (including phenoxy) is 1. The van der Waals surface area contributed by atoms with Crippen molar-refractivity contribution >= 4 is 11.8 Å². The van der Waals surface area contributed by atoms with Crippen LogP contribution in [0.4, 0.5) is 0 Å². The van der Waals surface area contributed by atoms with E-state index in [0.29, 0.717) is 18.7 Å². The number of amides is 2. The topological polar surface area (TPSA) is 63.0 Å². The van der Waals surface area contributed by atoms with Gasteiger partial charge in [-0.15, -0.1) is 0 Å². The maximum atomic E-state index is 13.3.